The zero-order valence-electron chi connectivity index (χ0n) is 41.9. The number of carbonyl (C=O) groups is 2. The Morgan fingerprint density at radius 3 is 1.14 bits per heavy atom. The molecule has 0 amide bonds. The fourth-order valence-electron chi connectivity index (χ4n) is 8.32. The van der Waals surface area contributed by atoms with Crippen molar-refractivity contribution in [1.29, 1.82) is 0 Å². The Bertz CT molecular complexity index is 1120. The van der Waals surface area contributed by atoms with E-state index in [4.69, 9.17) is 28.0 Å². The van der Waals surface area contributed by atoms with Crippen LogP contribution in [-0.4, -0.2) is 89.0 Å². The first-order valence-corrected chi connectivity index (χ1v) is 27.9. The van der Waals surface area contributed by atoms with Gasteiger partial charge in [-0.25, -0.2) is 0 Å². The lowest BCUT2D eigenvalue weighted by molar-refractivity contribution is -0.870. The summed E-state index contributed by atoms with van der Waals surface area (Å²) in [5.41, 5.74) is 0. The SMILES string of the molecule is CCCCCCCCCCCCCCCCCCCC(=O)O[C@H]1[C@H](OC)O[C@H](COP(=O)([O-])OCC[N+](C)(C)C)[C@H]1OC(=O)CCCCCCCCCCCCCCCCCCC. The first kappa shape index (κ1) is 59.9. The molecular weight excluding hydrogens is 818 g/mol. The van der Waals surface area contributed by atoms with E-state index in [2.05, 4.69) is 13.8 Å². The van der Waals surface area contributed by atoms with Crippen molar-refractivity contribution >= 4 is 19.8 Å². The number of likely N-dealkylation sites (N-methyl/N-ethyl adjacent to an activating group) is 1. The second kappa shape index (κ2) is 40.0. The van der Waals surface area contributed by atoms with Crippen LogP contribution in [0.25, 0.3) is 0 Å². The summed E-state index contributed by atoms with van der Waals surface area (Å²) in [4.78, 5) is 38.9. The van der Waals surface area contributed by atoms with Crippen molar-refractivity contribution in [3.05, 3.63) is 0 Å². The van der Waals surface area contributed by atoms with Gasteiger partial charge in [0.25, 0.3) is 7.82 Å². The van der Waals surface area contributed by atoms with E-state index in [9.17, 15) is 19.0 Å². The van der Waals surface area contributed by atoms with Gasteiger partial charge in [0.2, 0.25) is 0 Å². The summed E-state index contributed by atoms with van der Waals surface area (Å²) in [7, 11) is 2.51. The number of phosphoric acid groups is 1. The van der Waals surface area contributed by atoms with Crippen molar-refractivity contribution < 1.29 is 51.5 Å². The maximum Gasteiger partial charge on any atom is 0.306 e. The molecule has 0 N–H and O–H groups in total. The van der Waals surface area contributed by atoms with Gasteiger partial charge in [-0.3, -0.25) is 14.2 Å². The highest BCUT2D eigenvalue weighted by molar-refractivity contribution is 7.45. The molecule has 374 valence electrons. The van der Waals surface area contributed by atoms with Crippen molar-refractivity contribution in [2.75, 3.05) is 48.0 Å². The summed E-state index contributed by atoms with van der Waals surface area (Å²) < 4.78 is 46.6. The Kier molecular flexibility index (Phi) is 38.1. The molecule has 0 bridgehead atoms. The van der Waals surface area contributed by atoms with Crippen molar-refractivity contribution in [3.8, 4) is 0 Å². The van der Waals surface area contributed by atoms with Crippen LogP contribution in [0.1, 0.15) is 245 Å². The first-order chi connectivity index (χ1) is 30.4. The van der Waals surface area contributed by atoms with Crippen molar-refractivity contribution in [1.82, 2.24) is 0 Å². The zero-order chi connectivity index (χ0) is 46.3. The summed E-state index contributed by atoms with van der Waals surface area (Å²) in [5, 5.41) is 0. The minimum absolute atomic E-state index is 0.0477. The number of hydrogen-bond donors (Lipinski definition) is 0. The van der Waals surface area contributed by atoms with Crippen LogP contribution in [0.2, 0.25) is 0 Å². The molecular formula is C51H100NO10P. The van der Waals surface area contributed by atoms with Gasteiger partial charge >= 0.3 is 11.9 Å². The molecule has 1 saturated heterocycles. The standard InChI is InChI=1S/C51H100NO10P/c1-7-9-11-13-15-17-19-21-23-25-27-29-31-33-35-37-39-41-47(53)61-49-46(45-59-63(55,56)58-44-43-52(3,4)5)60-51(57-6)50(49)62-48(54)42-40-38-36-34-32-30-28-26-24-22-20-18-16-14-12-10-8-2/h46,49-51H,7-45H2,1-6H3/t46-,49-,50-,51-/m1/s1. The molecule has 1 rings (SSSR count). The van der Waals surface area contributed by atoms with Crippen LogP contribution < -0.4 is 4.89 Å². The number of ether oxygens (including phenoxy) is 4. The Morgan fingerprint density at radius 1 is 0.508 bits per heavy atom. The van der Waals surface area contributed by atoms with Crippen LogP contribution in [0.4, 0.5) is 0 Å². The summed E-state index contributed by atoms with van der Waals surface area (Å²) in [5.74, 6) is -0.884. The minimum atomic E-state index is -4.69. The minimum Gasteiger partial charge on any atom is -0.756 e. The molecule has 1 unspecified atom stereocenters. The van der Waals surface area contributed by atoms with Crippen molar-refractivity contribution in [2.24, 2.45) is 0 Å². The summed E-state index contributed by atoms with van der Waals surface area (Å²) >= 11 is 0. The number of phosphoric ester groups is 1. The molecule has 1 aliphatic heterocycles. The molecule has 0 aromatic heterocycles. The normalized spacial score (nSPS) is 18.8. The highest BCUT2D eigenvalue weighted by atomic mass is 31.2. The van der Waals surface area contributed by atoms with E-state index in [1.807, 2.05) is 21.1 Å². The number of quaternary nitrogens is 1. The third kappa shape index (κ3) is 35.8. The van der Waals surface area contributed by atoms with Gasteiger partial charge in [0, 0.05) is 20.0 Å². The van der Waals surface area contributed by atoms with Crippen LogP contribution in [0.5, 0.6) is 0 Å². The van der Waals surface area contributed by atoms with Crippen molar-refractivity contribution in [3.63, 3.8) is 0 Å². The molecule has 5 atom stereocenters. The monoisotopic (exact) mass is 918 g/mol. The molecule has 0 aliphatic carbocycles. The molecule has 1 aliphatic rings. The van der Waals surface area contributed by atoms with Gasteiger partial charge in [0.1, 0.15) is 19.3 Å². The number of unbranched alkanes of at least 4 members (excludes halogenated alkanes) is 32. The van der Waals surface area contributed by atoms with Crippen LogP contribution in [-0.2, 0) is 42.1 Å². The Balaban J connectivity index is 2.45. The molecule has 11 nitrogen and oxygen atoms in total. The number of carbonyl (C=O) groups excluding carboxylic acids is 2. The fraction of sp³-hybridized carbons (Fsp3) is 0.961. The molecule has 0 radical (unpaired) electrons. The van der Waals surface area contributed by atoms with E-state index >= 15 is 0 Å². The summed E-state index contributed by atoms with van der Waals surface area (Å²) in [6.07, 6.45) is 38.8. The molecule has 0 spiro atoms. The average Bonchev–Trinajstić information content (AvgIpc) is 3.56. The Morgan fingerprint density at radius 2 is 0.825 bits per heavy atom. The van der Waals surface area contributed by atoms with E-state index in [0.717, 1.165) is 38.5 Å². The summed E-state index contributed by atoms with van der Waals surface area (Å²) in [6, 6.07) is 0. The van der Waals surface area contributed by atoms with Gasteiger partial charge in [0.15, 0.2) is 18.5 Å². The zero-order valence-corrected chi connectivity index (χ0v) is 42.8. The van der Waals surface area contributed by atoms with E-state index in [1.165, 1.54) is 174 Å². The lowest BCUT2D eigenvalue weighted by Crippen LogP contribution is -2.42. The maximum atomic E-state index is 13.2. The number of rotatable bonds is 46. The van der Waals surface area contributed by atoms with Gasteiger partial charge in [-0.05, 0) is 12.8 Å². The number of nitrogens with zero attached hydrogens (tertiary/aromatic N) is 1. The van der Waals surface area contributed by atoms with Gasteiger partial charge in [0.05, 0.1) is 27.7 Å². The molecule has 0 aromatic carbocycles. The lowest BCUT2D eigenvalue weighted by atomic mass is 10.0. The predicted octanol–water partition coefficient (Wildman–Crippen LogP) is 13.5. The largest absolute Gasteiger partial charge is 0.756 e. The fourth-order valence-corrected chi connectivity index (χ4v) is 9.03. The van der Waals surface area contributed by atoms with Crippen LogP contribution in [0.15, 0.2) is 0 Å². The number of hydrogen-bond acceptors (Lipinski definition) is 10. The molecule has 12 heteroatoms. The maximum absolute atomic E-state index is 13.2. The quantitative estimate of drug-likeness (QED) is 0.0252. The summed E-state index contributed by atoms with van der Waals surface area (Å²) in [6.45, 7) is 4.47. The molecule has 1 fully saturated rings. The molecule has 0 aromatic rings. The highest BCUT2D eigenvalue weighted by Gasteiger charge is 2.50. The van der Waals surface area contributed by atoms with Crippen LogP contribution in [0.3, 0.4) is 0 Å². The van der Waals surface area contributed by atoms with E-state index in [1.54, 1.807) is 0 Å². The van der Waals surface area contributed by atoms with E-state index < -0.39 is 51.0 Å². The van der Waals surface area contributed by atoms with Crippen LogP contribution in [0, 0.1) is 0 Å². The van der Waals surface area contributed by atoms with Gasteiger partial charge in [-0.2, -0.15) is 0 Å². The van der Waals surface area contributed by atoms with Gasteiger partial charge < -0.3 is 37.4 Å². The van der Waals surface area contributed by atoms with Gasteiger partial charge in [-0.15, -0.1) is 0 Å². The smallest absolute Gasteiger partial charge is 0.306 e. The predicted molar refractivity (Wildman–Crippen MR) is 255 cm³/mol. The molecule has 63 heavy (non-hydrogen) atoms. The second-order valence-electron chi connectivity index (χ2n) is 19.6. The van der Waals surface area contributed by atoms with E-state index in [0.29, 0.717) is 23.9 Å². The van der Waals surface area contributed by atoms with E-state index in [-0.39, 0.29) is 19.4 Å². The van der Waals surface area contributed by atoms with Crippen LogP contribution >= 0.6 is 7.82 Å². The first-order valence-electron chi connectivity index (χ1n) is 26.4. The average molecular weight is 918 g/mol. The third-order valence-electron chi connectivity index (χ3n) is 12.4. The highest BCUT2D eigenvalue weighted by Crippen LogP contribution is 2.40. The third-order valence-corrected chi connectivity index (χ3v) is 13.4. The number of methoxy groups -OCH3 is 1. The topological polar surface area (TPSA) is 130 Å². The lowest BCUT2D eigenvalue weighted by Gasteiger charge is -2.28. The van der Waals surface area contributed by atoms with Crippen molar-refractivity contribution in [2.45, 2.75) is 270 Å². The Hall–Kier alpha value is -1.07. The van der Waals surface area contributed by atoms with Gasteiger partial charge in [-0.1, -0.05) is 219 Å². The molecule has 0 saturated carbocycles. The Labute approximate surface area is 387 Å². The second-order valence-corrected chi connectivity index (χ2v) is 21.0. The number of esters is 2. The molecule has 1 heterocycles.